The Morgan fingerprint density at radius 3 is 2.84 bits per heavy atom. The van der Waals surface area contributed by atoms with Gasteiger partial charge in [-0.05, 0) is 26.2 Å². The monoisotopic (exact) mass is 266 g/mol. The maximum Gasteiger partial charge on any atom is 0.332 e. The van der Waals surface area contributed by atoms with Crippen LogP contribution in [-0.4, -0.2) is 30.3 Å². The molecule has 0 unspecified atom stereocenters. The Balaban J connectivity index is 2.28. The first-order chi connectivity index (χ1) is 9.02. The highest BCUT2D eigenvalue weighted by atomic mass is 16.3. The first-order valence-corrected chi connectivity index (χ1v) is 6.33. The molecular formula is C12H18N4O3. The summed E-state index contributed by atoms with van der Waals surface area (Å²) in [7, 11) is 1.59. The van der Waals surface area contributed by atoms with Crippen molar-refractivity contribution >= 4 is 11.2 Å². The Kier molecular flexibility index (Phi) is 3.84. The van der Waals surface area contributed by atoms with E-state index >= 15 is 0 Å². The molecule has 0 radical (unpaired) electrons. The number of nitrogens with zero attached hydrogens (tertiary/aromatic N) is 3. The van der Waals surface area contributed by atoms with Crippen molar-refractivity contribution in [3.63, 3.8) is 0 Å². The van der Waals surface area contributed by atoms with Crippen molar-refractivity contribution in [3.8, 4) is 0 Å². The molecule has 2 rings (SSSR count). The second-order valence-electron chi connectivity index (χ2n) is 4.74. The summed E-state index contributed by atoms with van der Waals surface area (Å²) in [5.41, 5.74) is 0.0159. The number of imidazole rings is 1. The highest BCUT2D eigenvalue weighted by molar-refractivity contribution is 5.68. The summed E-state index contributed by atoms with van der Waals surface area (Å²) >= 11 is 0. The topological polar surface area (TPSA) is 92.9 Å². The molecule has 2 heterocycles. The van der Waals surface area contributed by atoms with Crippen LogP contribution >= 0.6 is 0 Å². The molecule has 7 nitrogen and oxygen atoms in total. The van der Waals surface area contributed by atoms with E-state index in [0.717, 1.165) is 6.42 Å². The van der Waals surface area contributed by atoms with Crippen LogP contribution in [0.2, 0.25) is 0 Å². The lowest BCUT2D eigenvalue weighted by Crippen LogP contribution is -2.39. The van der Waals surface area contributed by atoms with Gasteiger partial charge in [0.2, 0.25) is 0 Å². The number of unbranched alkanes of at least 4 members (excludes halogenated alkanes) is 1. The number of hydrogen-bond donors (Lipinski definition) is 2. The molecule has 0 bridgehead atoms. The number of aromatic amines is 1. The van der Waals surface area contributed by atoms with E-state index < -0.39 is 0 Å². The van der Waals surface area contributed by atoms with Crippen LogP contribution < -0.4 is 11.2 Å². The third kappa shape index (κ3) is 2.60. The van der Waals surface area contributed by atoms with E-state index in [1.54, 1.807) is 14.0 Å². The lowest BCUT2D eigenvalue weighted by atomic mass is 10.2. The van der Waals surface area contributed by atoms with Crippen molar-refractivity contribution in [2.45, 2.75) is 38.8 Å². The first-order valence-electron chi connectivity index (χ1n) is 6.33. The summed E-state index contributed by atoms with van der Waals surface area (Å²) in [4.78, 5) is 30.9. The molecule has 2 aromatic rings. The van der Waals surface area contributed by atoms with E-state index in [-0.39, 0.29) is 17.4 Å². The molecule has 0 aliphatic rings. The molecule has 0 aliphatic heterocycles. The quantitative estimate of drug-likeness (QED) is 0.743. The van der Waals surface area contributed by atoms with Gasteiger partial charge in [-0.3, -0.25) is 13.9 Å². The molecule has 0 spiro atoms. The Labute approximate surface area is 109 Å². The van der Waals surface area contributed by atoms with E-state index in [4.69, 9.17) is 5.11 Å². The molecule has 0 saturated carbocycles. The molecule has 2 N–H and O–H groups in total. The first kappa shape index (κ1) is 13.5. The minimum Gasteiger partial charge on any atom is -0.393 e. The van der Waals surface area contributed by atoms with Crippen molar-refractivity contribution in [2.24, 2.45) is 7.05 Å². The lowest BCUT2D eigenvalue weighted by molar-refractivity contribution is 0.180. The SMILES string of the molecule is C[C@H](O)CCCCn1c(=O)c2[nH]cnc2n(C)c1=O. The maximum absolute atomic E-state index is 12.1. The molecule has 0 saturated heterocycles. The molecule has 7 heteroatoms. The number of H-pyrrole nitrogens is 1. The Bertz CT molecular complexity index is 680. The van der Waals surface area contributed by atoms with Crippen LogP contribution in [0.5, 0.6) is 0 Å². The van der Waals surface area contributed by atoms with Gasteiger partial charge in [0.05, 0.1) is 12.4 Å². The van der Waals surface area contributed by atoms with E-state index in [0.29, 0.717) is 30.6 Å². The number of hydrogen-bond acceptors (Lipinski definition) is 4. The second-order valence-corrected chi connectivity index (χ2v) is 4.74. The summed E-state index contributed by atoms with van der Waals surface area (Å²) in [5.74, 6) is 0. The van der Waals surface area contributed by atoms with Crippen LogP contribution in [0, 0.1) is 0 Å². The van der Waals surface area contributed by atoms with Crippen LogP contribution in [0.3, 0.4) is 0 Å². The fourth-order valence-electron chi connectivity index (χ4n) is 2.10. The number of aliphatic hydroxyl groups excluding tert-OH is 1. The predicted octanol–water partition coefficient (Wildman–Crippen LogP) is -0.0256. The van der Waals surface area contributed by atoms with E-state index in [9.17, 15) is 9.59 Å². The van der Waals surface area contributed by atoms with Gasteiger partial charge in [-0.25, -0.2) is 9.78 Å². The van der Waals surface area contributed by atoms with Crippen LogP contribution in [-0.2, 0) is 13.6 Å². The number of rotatable bonds is 5. The number of aromatic nitrogens is 4. The highest BCUT2D eigenvalue weighted by Gasteiger charge is 2.12. The fraction of sp³-hybridized carbons (Fsp3) is 0.583. The fourth-order valence-corrected chi connectivity index (χ4v) is 2.10. The molecule has 104 valence electrons. The minimum absolute atomic E-state index is 0.340. The molecule has 2 aromatic heterocycles. The van der Waals surface area contributed by atoms with Gasteiger partial charge in [-0.1, -0.05) is 0 Å². The zero-order chi connectivity index (χ0) is 14.0. The van der Waals surface area contributed by atoms with Crippen LogP contribution in [0.15, 0.2) is 15.9 Å². The van der Waals surface area contributed by atoms with Crippen molar-refractivity contribution < 1.29 is 5.11 Å². The van der Waals surface area contributed by atoms with Crippen molar-refractivity contribution in [2.75, 3.05) is 0 Å². The van der Waals surface area contributed by atoms with Crippen molar-refractivity contribution in [1.82, 2.24) is 19.1 Å². The van der Waals surface area contributed by atoms with Crippen molar-refractivity contribution in [3.05, 3.63) is 27.2 Å². The summed E-state index contributed by atoms with van der Waals surface area (Å²) in [6.45, 7) is 2.08. The molecule has 0 amide bonds. The van der Waals surface area contributed by atoms with Crippen LogP contribution in [0.25, 0.3) is 11.2 Å². The number of aliphatic hydroxyl groups is 1. The van der Waals surface area contributed by atoms with E-state index in [1.165, 1.54) is 15.5 Å². The minimum atomic E-state index is -0.360. The summed E-state index contributed by atoms with van der Waals surface area (Å²) in [5, 5.41) is 9.17. The average molecular weight is 266 g/mol. The van der Waals surface area contributed by atoms with Gasteiger partial charge in [0.25, 0.3) is 5.56 Å². The predicted molar refractivity (Wildman–Crippen MR) is 71.1 cm³/mol. The Hall–Kier alpha value is -1.89. The van der Waals surface area contributed by atoms with Gasteiger partial charge in [0, 0.05) is 13.6 Å². The van der Waals surface area contributed by atoms with Crippen LogP contribution in [0.1, 0.15) is 26.2 Å². The zero-order valence-corrected chi connectivity index (χ0v) is 11.1. The number of fused-ring (bicyclic) bond motifs is 1. The number of nitrogens with one attached hydrogen (secondary N) is 1. The lowest BCUT2D eigenvalue weighted by Gasteiger charge is -2.08. The van der Waals surface area contributed by atoms with Gasteiger partial charge in [-0.2, -0.15) is 0 Å². The summed E-state index contributed by atoms with van der Waals surface area (Å²) < 4.78 is 2.57. The second kappa shape index (κ2) is 5.40. The number of aryl methyl sites for hydroxylation is 1. The smallest absolute Gasteiger partial charge is 0.332 e. The van der Waals surface area contributed by atoms with Gasteiger partial charge >= 0.3 is 5.69 Å². The maximum atomic E-state index is 12.1. The normalized spacial score (nSPS) is 13.0. The van der Waals surface area contributed by atoms with Crippen LogP contribution in [0.4, 0.5) is 0 Å². The van der Waals surface area contributed by atoms with E-state index in [2.05, 4.69) is 9.97 Å². The summed E-state index contributed by atoms with van der Waals surface area (Å²) in [6.07, 6.45) is 3.17. The summed E-state index contributed by atoms with van der Waals surface area (Å²) in [6, 6.07) is 0. The standard InChI is InChI=1S/C12H18N4O3/c1-8(17)5-3-4-6-16-11(18)9-10(14-7-13-9)15(2)12(16)19/h7-8,17H,3-6H2,1-2H3,(H,13,14)/t8-/m0/s1. The average Bonchev–Trinajstić information content (AvgIpc) is 2.84. The van der Waals surface area contributed by atoms with Gasteiger partial charge < -0.3 is 10.1 Å². The molecular weight excluding hydrogens is 248 g/mol. The van der Waals surface area contributed by atoms with Gasteiger partial charge in [-0.15, -0.1) is 0 Å². The Morgan fingerprint density at radius 2 is 2.16 bits per heavy atom. The largest absolute Gasteiger partial charge is 0.393 e. The third-order valence-corrected chi connectivity index (χ3v) is 3.17. The van der Waals surface area contributed by atoms with E-state index in [1.807, 2.05) is 0 Å². The molecule has 19 heavy (non-hydrogen) atoms. The van der Waals surface area contributed by atoms with Gasteiger partial charge in [0.15, 0.2) is 5.65 Å². The third-order valence-electron chi connectivity index (χ3n) is 3.17. The zero-order valence-electron chi connectivity index (χ0n) is 11.1. The van der Waals surface area contributed by atoms with Crippen molar-refractivity contribution in [1.29, 1.82) is 0 Å². The molecule has 0 aromatic carbocycles. The highest BCUT2D eigenvalue weighted by Crippen LogP contribution is 2.02. The van der Waals surface area contributed by atoms with Gasteiger partial charge in [0.1, 0.15) is 5.52 Å². The molecule has 0 aliphatic carbocycles. The molecule has 0 fully saturated rings. The molecule has 1 atom stereocenters. The Morgan fingerprint density at radius 1 is 1.42 bits per heavy atom.